The summed E-state index contributed by atoms with van der Waals surface area (Å²) in [6.45, 7) is 1.95. The zero-order valence-electron chi connectivity index (χ0n) is 9.91. The summed E-state index contributed by atoms with van der Waals surface area (Å²) in [5, 5.41) is 0. The Labute approximate surface area is 111 Å². The van der Waals surface area contributed by atoms with E-state index in [2.05, 4.69) is 30.9 Å². The highest BCUT2D eigenvalue weighted by Gasteiger charge is 2.12. The lowest BCUT2D eigenvalue weighted by Gasteiger charge is -1.99. The van der Waals surface area contributed by atoms with Crippen molar-refractivity contribution in [3.63, 3.8) is 0 Å². The highest BCUT2D eigenvalue weighted by molar-refractivity contribution is 9.10. The number of hydrogen-bond acceptors (Lipinski definition) is 2. The van der Waals surface area contributed by atoms with Gasteiger partial charge in [0, 0.05) is 12.6 Å². The summed E-state index contributed by atoms with van der Waals surface area (Å²) in [6, 6.07) is 5.73. The van der Waals surface area contributed by atoms with Crippen LogP contribution in [0.5, 0.6) is 0 Å². The molecule has 0 radical (unpaired) electrons. The predicted molar refractivity (Wildman–Crippen MR) is 73.6 cm³/mol. The van der Waals surface area contributed by atoms with Crippen molar-refractivity contribution < 1.29 is 0 Å². The number of nitrogens with one attached hydrogen (secondary N) is 2. The molecule has 0 bridgehead atoms. The molecule has 3 rings (SSSR count). The van der Waals surface area contributed by atoms with Crippen LogP contribution in [0.2, 0.25) is 0 Å². The summed E-state index contributed by atoms with van der Waals surface area (Å²) < 4.78 is 2.90. The van der Waals surface area contributed by atoms with Crippen LogP contribution < -0.4 is 5.69 Å². The molecule has 2 N–H and O–H groups in total. The number of nitrogens with zero attached hydrogens (tertiary/aromatic N) is 2. The second-order valence-corrected chi connectivity index (χ2v) is 4.95. The van der Waals surface area contributed by atoms with Crippen molar-refractivity contribution in [3.05, 3.63) is 39.1 Å². The third kappa shape index (κ3) is 1.60. The van der Waals surface area contributed by atoms with Gasteiger partial charge in [0.15, 0.2) is 0 Å². The summed E-state index contributed by atoms with van der Waals surface area (Å²) in [4.78, 5) is 21.2. The molecular weight excluding hydrogens is 296 g/mol. The fourth-order valence-corrected chi connectivity index (χ4v) is 2.52. The van der Waals surface area contributed by atoms with Crippen molar-refractivity contribution in [3.8, 4) is 11.3 Å². The van der Waals surface area contributed by atoms with Gasteiger partial charge in [-0.15, -0.1) is 0 Å². The molecule has 0 spiro atoms. The fourth-order valence-electron chi connectivity index (χ4n) is 1.95. The fraction of sp³-hybridized carbons (Fsp3) is 0.167. The molecular formula is C12H11BrN4O. The van der Waals surface area contributed by atoms with Crippen LogP contribution in [-0.4, -0.2) is 19.5 Å². The Kier molecular flexibility index (Phi) is 2.41. The monoisotopic (exact) mass is 306 g/mol. The molecule has 0 saturated carbocycles. The predicted octanol–water partition coefficient (Wildman–Crippen LogP) is 2.33. The molecule has 0 aliphatic heterocycles. The number of halogens is 1. The van der Waals surface area contributed by atoms with Gasteiger partial charge >= 0.3 is 5.69 Å². The molecule has 6 heteroatoms. The van der Waals surface area contributed by atoms with Gasteiger partial charge in [0.05, 0.1) is 11.0 Å². The SMILES string of the molecule is Cc1nc(-c2ccc3[nH]c(=O)[nH]c3c2)c(Br)n1C. The second-order valence-electron chi connectivity index (χ2n) is 4.20. The average molecular weight is 307 g/mol. The molecule has 18 heavy (non-hydrogen) atoms. The Morgan fingerprint density at radius 2 is 2.00 bits per heavy atom. The van der Waals surface area contributed by atoms with Gasteiger partial charge < -0.3 is 14.5 Å². The van der Waals surface area contributed by atoms with E-state index in [4.69, 9.17) is 0 Å². The summed E-state index contributed by atoms with van der Waals surface area (Å²) in [5.74, 6) is 0.930. The zero-order valence-corrected chi connectivity index (χ0v) is 11.5. The second kappa shape index (κ2) is 3.84. The van der Waals surface area contributed by atoms with E-state index >= 15 is 0 Å². The minimum absolute atomic E-state index is 0.196. The van der Waals surface area contributed by atoms with Gasteiger partial charge in [0.2, 0.25) is 0 Å². The average Bonchev–Trinajstić information content (AvgIpc) is 2.82. The van der Waals surface area contributed by atoms with Crippen LogP contribution in [0.15, 0.2) is 27.6 Å². The van der Waals surface area contributed by atoms with Gasteiger partial charge in [-0.3, -0.25) is 0 Å². The van der Waals surface area contributed by atoms with Crippen molar-refractivity contribution in [1.29, 1.82) is 0 Å². The van der Waals surface area contributed by atoms with Crippen LogP contribution >= 0.6 is 15.9 Å². The Hall–Kier alpha value is -1.82. The van der Waals surface area contributed by atoms with Crippen molar-refractivity contribution in [2.75, 3.05) is 0 Å². The largest absolute Gasteiger partial charge is 0.326 e. The summed E-state index contributed by atoms with van der Waals surface area (Å²) in [6.07, 6.45) is 0. The maximum absolute atomic E-state index is 11.2. The van der Waals surface area contributed by atoms with Crippen molar-refractivity contribution in [2.24, 2.45) is 7.05 Å². The Bertz CT molecular complexity index is 796. The first kappa shape index (κ1) is 11.3. The molecule has 5 nitrogen and oxygen atoms in total. The number of H-pyrrole nitrogens is 2. The maximum atomic E-state index is 11.2. The van der Waals surface area contributed by atoms with Crippen LogP contribution in [0.1, 0.15) is 5.82 Å². The molecule has 0 unspecified atom stereocenters. The van der Waals surface area contributed by atoms with Gasteiger partial charge in [0.1, 0.15) is 16.1 Å². The van der Waals surface area contributed by atoms with E-state index in [9.17, 15) is 4.79 Å². The lowest BCUT2D eigenvalue weighted by atomic mass is 10.1. The van der Waals surface area contributed by atoms with Crippen LogP contribution in [0.3, 0.4) is 0 Å². The van der Waals surface area contributed by atoms with Gasteiger partial charge in [-0.25, -0.2) is 9.78 Å². The Balaban J connectivity index is 2.24. The molecule has 1 aromatic carbocycles. The molecule has 0 saturated heterocycles. The van der Waals surface area contributed by atoms with Crippen molar-refractivity contribution in [2.45, 2.75) is 6.92 Å². The van der Waals surface area contributed by atoms with Crippen LogP contribution in [0, 0.1) is 6.92 Å². The number of imidazole rings is 2. The molecule has 2 aromatic heterocycles. The topological polar surface area (TPSA) is 66.5 Å². The highest BCUT2D eigenvalue weighted by atomic mass is 79.9. The highest BCUT2D eigenvalue weighted by Crippen LogP contribution is 2.29. The molecule has 0 aliphatic carbocycles. The summed E-state index contributed by atoms with van der Waals surface area (Å²) >= 11 is 3.53. The quantitative estimate of drug-likeness (QED) is 0.724. The third-order valence-corrected chi connectivity index (χ3v) is 3.95. The summed E-state index contributed by atoms with van der Waals surface area (Å²) in [7, 11) is 1.95. The lowest BCUT2D eigenvalue weighted by molar-refractivity contribution is 0.840. The first-order valence-electron chi connectivity index (χ1n) is 5.47. The Morgan fingerprint density at radius 3 is 2.67 bits per heavy atom. The van der Waals surface area contributed by atoms with Crippen LogP contribution in [0.25, 0.3) is 22.3 Å². The third-order valence-electron chi connectivity index (χ3n) is 3.04. The number of rotatable bonds is 1. The number of benzene rings is 1. The zero-order chi connectivity index (χ0) is 12.9. The van der Waals surface area contributed by atoms with E-state index in [0.717, 1.165) is 32.7 Å². The van der Waals surface area contributed by atoms with E-state index in [-0.39, 0.29) is 5.69 Å². The van der Waals surface area contributed by atoms with E-state index in [1.807, 2.05) is 36.7 Å². The van der Waals surface area contributed by atoms with E-state index in [0.29, 0.717) is 0 Å². The van der Waals surface area contributed by atoms with E-state index in [1.54, 1.807) is 0 Å². The minimum atomic E-state index is -0.196. The number of aromatic nitrogens is 4. The maximum Gasteiger partial charge on any atom is 0.323 e. The molecule has 0 fully saturated rings. The molecule has 0 aliphatic rings. The molecule has 2 heterocycles. The number of hydrogen-bond donors (Lipinski definition) is 2. The molecule has 3 aromatic rings. The first-order chi connectivity index (χ1) is 8.56. The Morgan fingerprint density at radius 1 is 1.28 bits per heavy atom. The minimum Gasteiger partial charge on any atom is -0.326 e. The normalized spacial score (nSPS) is 11.3. The first-order valence-corrected chi connectivity index (χ1v) is 6.27. The number of aryl methyl sites for hydroxylation is 1. The van der Waals surface area contributed by atoms with Crippen LogP contribution in [-0.2, 0) is 7.05 Å². The summed E-state index contributed by atoms with van der Waals surface area (Å²) in [5.41, 5.74) is 3.23. The van der Waals surface area contributed by atoms with Gasteiger partial charge in [-0.2, -0.15) is 0 Å². The van der Waals surface area contributed by atoms with E-state index in [1.165, 1.54) is 0 Å². The van der Waals surface area contributed by atoms with Crippen molar-refractivity contribution in [1.82, 2.24) is 19.5 Å². The smallest absolute Gasteiger partial charge is 0.323 e. The lowest BCUT2D eigenvalue weighted by Crippen LogP contribution is -1.99. The van der Waals surface area contributed by atoms with Crippen LogP contribution in [0.4, 0.5) is 0 Å². The molecule has 92 valence electrons. The molecule has 0 amide bonds. The van der Waals surface area contributed by atoms with Gasteiger partial charge in [-0.1, -0.05) is 6.07 Å². The number of aromatic amines is 2. The molecule has 0 atom stereocenters. The standard InChI is InChI=1S/C12H11BrN4O/c1-6-14-10(11(13)17(6)2)7-3-4-8-9(5-7)16-12(18)15-8/h3-5H,1-2H3,(H2,15,16,18). The van der Waals surface area contributed by atoms with Gasteiger partial charge in [0.25, 0.3) is 0 Å². The van der Waals surface area contributed by atoms with Crippen molar-refractivity contribution >= 4 is 27.0 Å². The number of fused-ring (bicyclic) bond motifs is 1. The van der Waals surface area contributed by atoms with Gasteiger partial charge in [-0.05, 0) is 35.0 Å². The van der Waals surface area contributed by atoms with E-state index < -0.39 is 0 Å².